The quantitative estimate of drug-likeness (QED) is 0.181. The summed E-state index contributed by atoms with van der Waals surface area (Å²) >= 11 is 0. The Balaban J connectivity index is -0.000000878. The summed E-state index contributed by atoms with van der Waals surface area (Å²) in [4.78, 5) is 4.60. The molecule has 2 aliphatic rings. The molecule has 3 nitrogen and oxygen atoms in total. The van der Waals surface area contributed by atoms with Gasteiger partial charge in [-0.3, -0.25) is 25.9 Å². The normalized spacial score (nSPS) is 12.7. The molecule has 0 atom stereocenters. The molecule has 0 aliphatic heterocycles. The summed E-state index contributed by atoms with van der Waals surface area (Å²) in [6, 6.07) is 19.2. The van der Waals surface area contributed by atoms with Gasteiger partial charge in [-0.2, -0.15) is 0 Å². The molecule has 0 unspecified atom stereocenters. The second-order valence-corrected chi connectivity index (χ2v) is 10.0. The Kier molecular flexibility index (Phi) is 26.9. The Hall–Kier alpha value is -2.98. The molecule has 14 heteroatoms. The van der Waals surface area contributed by atoms with Crippen LogP contribution in [-0.4, -0.2) is 20.1 Å². The molecule has 6 rings (SSSR count). The Morgan fingerprint density at radius 1 is 0.630 bits per heavy atom. The van der Waals surface area contributed by atoms with E-state index in [1.54, 1.807) is 0 Å². The third kappa shape index (κ3) is 17.1. The van der Waals surface area contributed by atoms with Crippen molar-refractivity contribution in [1.29, 1.82) is 0 Å². The third-order valence-corrected chi connectivity index (χ3v) is 7.14. The van der Waals surface area contributed by atoms with E-state index < -0.39 is 15.1 Å². The van der Waals surface area contributed by atoms with E-state index in [0.717, 1.165) is 23.7 Å². The van der Waals surface area contributed by atoms with Crippen molar-refractivity contribution < 1.29 is 61.5 Å². The SMILES string of the molecule is C.C.C1CCCC1.FB(F)F.FB(F)F.[F-].[F-].[Fe].c1ccc2c(-[n+]3ccc(-c4cc[n+](CC5CCCC5)cc4)cc3)nccc2c1. The summed E-state index contributed by atoms with van der Waals surface area (Å²) in [5.41, 5.74) is 2.48. The summed E-state index contributed by atoms with van der Waals surface area (Å²) < 4.78 is 62.4. The number of aromatic nitrogens is 3. The molecule has 0 amide bonds. The first-order valence-electron chi connectivity index (χ1n) is 14.0. The smallest absolute Gasteiger partial charge is 0.762 e. The Morgan fingerprint density at radius 2 is 1.07 bits per heavy atom. The van der Waals surface area contributed by atoms with Crippen LogP contribution in [0.2, 0.25) is 0 Å². The van der Waals surface area contributed by atoms with Crippen LogP contribution < -0.4 is 18.5 Å². The van der Waals surface area contributed by atoms with E-state index in [4.69, 9.17) is 0 Å². The number of nitrogens with zero attached hydrogens (tertiary/aromatic N) is 3. The number of fused-ring (bicyclic) bond motifs is 1. The predicted octanol–water partition coefficient (Wildman–Crippen LogP) is 3.64. The molecule has 2 fully saturated rings. The van der Waals surface area contributed by atoms with E-state index in [1.165, 1.54) is 74.3 Å². The summed E-state index contributed by atoms with van der Waals surface area (Å²) in [7, 11) is -7.33. The van der Waals surface area contributed by atoms with Crippen LogP contribution in [0.3, 0.4) is 0 Å². The van der Waals surface area contributed by atoms with Crippen molar-refractivity contribution in [2.24, 2.45) is 5.92 Å². The average molecular weight is 699 g/mol. The first-order chi connectivity index (χ1) is 19.8. The number of benzene rings is 1. The Morgan fingerprint density at radius 3 is 1.54 bits per heavy atom. The molecule has 46 heavy (non-hydrogen) atoms. The van der Waals surface area contributed by atoms with Gasteiger partial charge in [0.2, 0.25) is 0 Å². The fourth-order valence-corrected chi connectivity index (χ4v) is 5.22. The number of halogens is 8. The van der Waals surface area contributed by atoms with Crippen LogP contribution in [0.15, 0.2) is 85.6 Å². The molecule has 3 heterocycles. The van der Waals surface area contributed by atoms with Crippen LogP contribution in [0.1, 0.15) is 72.6 Å². The fourth-order valence-electron chi connectivity index (χ4n) is 5.22. The third-order valence-electron chi connectivity index (χ3n) is 7.14. The minimum Gasteiger partial charge on any atom is -1.00 e. The van der Waals surface area contributed by atoms with E-state index in [-0.39, 0.29) is 41.3 Å². The van der Waals surface area contributed by atoms with E-state index in [2.05, 4.69) is 93.5 Å². The first-order valence-corrected chi connectivity index (χ1v) is 14.0. The maximum absolute atomic E-state index is 9.67. The van der Waals surface area contributed by atoms with Gasteiger partial charge in [0.15, 0.2) is 18.9 Å². The number of hydrogen-bond acceptors (Lipinski definition) is 1. The van der Waals surface area contributed by atoms with Gasteiger partial charge in [0, 0.05) is 35.1 Å². The molecular formula is C32H43B2F8FeN3. The van der Waals surface area contributed by atoms with Crippen molar-refractivity contribution >= 4 is 25.9 Å². The van der Waals surface area contributed by atoms with Gasteiger partial charge in [0.25, 0.3) is 0 Å². The first kappa shape index (κ1) is 47.4. The van der Waals surface area contributed by atoms with E-state index in [1.807, 2.05) is 6.20 Å². The second-order valence-electron chi connectivity index (χ2n) is 10.0. The molecule has 256 valence electrons. The van der Waals surface area contributed by atoms with Crippen molar-refractivity contribution in [2.45, 2.75) is 79.2 Å². The molecule has 2 saturated carbocycles. The van der Waals surface area contributed by atoms with Crippen LogP contribution in [0.25, 0.3) is 27.7 Å². The van der Waals surface area contributed by atoms with Gasteiger partial charge in [-0.1, -0.05) is 78.0 Å². The Labute approximate surface area is 279 Å². The van der Waals surface area contributed by atoms with Gasteiger partial charge in [-0.15, -0.1) is 0 Å². The maximum atomic E-state index is 9.67. The van der Waals surface area contributed by atoms with Crippen molar-refractivity contribution in [2.75, 3.05) is 0 Å². The summed E-state index contributed by atoms with van der Waals surface area (Å²) in [6.45, 7) is 1.15. The number of pyridine rings is 3. The number of rotatable bonds is 4. The molecule has 4 aromatic rings. The molecule has 3 aromatic heterocycles. The van der Waals surface area contributed by atoms with Crippen LogP contribution in [0, 0.1) is 5.92 Å². The van der Waals surface area contributed by atoms with Gasteiger partial charge in [-0.25, -0.2) is 9.13 Å². The minimum atomic E-state index is -3.67. The summed E-state index contributed by atoms with van der Waals surface area (Å²) in [5.74, 6) is 1.83. The monoisotopic (exact) mass is 699 g/mol. The predicted molar refractivity (Wildman–Crippen MR) is 166 cm³/mol. The largest absolute Gasteiger partial charge is 1.00 e. The van der Waals surface area contributed by atoms with Gasteiger partial charge in [-0.05, 0) is 58.6 Å². The van der Waals surface area contributed by atoms with E-state index in [0.29, 0.717) is 0 Å². The number of hydrogen-bond donors (Lipinski definition) is 0. The minimum absolute atomic E-state index is 0. The van der Waals surface area contributed by atoms with Crippen molar-refractivity contribution in [3.63, 3.8) is 0 Å². The van der Waals surface area contributed by atoms with Gasteiger partial charge in [0.1, 0.15) is 6.20 Å². The van der Waals surface area contributed by atoms with Crippen molar-refractivity contribution in [1.82, 2.24) is 4.98 Å². The van der Waals surface area contributed by atoms with Gasteiger partial charge < -0.3 is 9.41 Å². The zero-order valence-corrected chi connectivity index (χ0v) is 25.2. The Bertz CT molecular complexity index is 1270. The topological polar surface area (TPSA) is 20.6 Å². The fraction of sp³-hybridized carbons (Fsp3) is 0.406. The summed E-state index contributed by atoms with van der Waals surface area (Å²) in [6.07, 6.45) is 23.6. The molecule has 0 bridgehead atoms. The second kappa shape index (κ2) is 26.1. The molecule has 2 aliphatic carbocycles. The van der Waals surface area contributed by atoms with Crippen LogP contribution >= 0.6 is 0 Å². The summed E-state index contributed by atoms with van der Waals surface area (Å²) in [5, 5.41) is 2.37. The van der Waals surface area contributed by atoms with E-state index in [9.17, 15) is 25.9 Å². The zero-order chi connectivity index (χ0) is 29.5. The molecule has 0 spiro atoms. The van der Waals surface area contributed by atoms with Crippen LogP contribution in [0.4, 0.5) is 25.9 Å². The standard InChI is InChI=1S/C25H25N3.C5H10.2CH4.2BF3.2FH.Fe/c1-2-6-20(5-1)19-27-15-10-21(11-16-27)22-12-17-28(18-13-22)25-24-8-4-3-7-23(24)9-14-26-25;1-2-4-5-3-1;;;2*2-1(3)4;;;/h3-4,7-18,20H,1-2,5-6,19H2;1-5H2;2*1H4;;;2*1H;/q+2;;;;;;;;/p-2. The average Bonchev–Trinajstić information content (AvgIpc) is 3.71. The van der Waals surface area contributed by atoms with Gasteiger partial charge in [0.05, 0.1) is 17.8 Å². The van der Waals surface area contributed by atoms with Crippen LogP contribution in [0.5, 0.6) is 0 Å². The molecule has 1 aromatic carbocycles. The molecule has 0 saturated heterocycles. The van der Waals surface area contributed by atoms with E-state index >= 15 is 0 Å². The van der Waals surface area contributed by atoms with Crippen molar-refractivity contribution in [3.8, 4) is 16.9 Å². The molecular weight excluding hydrogens is 656 g/mol. The molecule has 0 radical (unpaired) electrons. The van der Waals surface area contributed by atoms with Crippen LogP contribution in [-0.2, 0) is 23.6 Å². The van der Waals surface area contributed by atoms with Crippen molar-refractivity contribution in [3.05, 3.63) is 85.6 Å². The zero-order valence-electron chi connectivity index (χ0n) is 24.1. The maximum Gasteiger partial charge on any atom is 0.762 e. The van der Waals surface area contributed by atoms with Gasteiger partial charge >= 0.3 is 20.9 Å². The molecule has 0 N–H and O–H groups in total.